The van der Waals surface area contributed by atoms with Crippen LogP contribution in [0.3, 0.4) is 0 Å². The molecule has 0 N–H and O–H groups in total. The molecule has 12 aromatic rings. The molecule has 4 aromatic heterocycles. The van der Waals surface area contributed by atoms with Gasteiger partial charge in [0.15, 0.2) is 5.69 Å². The molecule has 12 rings (SSSR count). The lowest BCUT2D eigenvalue weighted by atomic mass is 9.95. The minimum atomic E-state index is -4.75. The Bertz CT molecular complexity index is 3880. The van der Waals surface area contributed by atoms with Crippen LogP contribution in [0, 0.1) is 17.9 Å². The zero-order chi connectivity index (χ0) is 47.5. The Balaban J connectivity index is 1.11. The van der Waals surface area contributed by atoms with Crippen LogP contribution in [-0.4, -0.2) is 19.1 Å². The van der Waals surface area contributed by atoms with Gasteiger partial charge in [-0.25, -0.2) is 4.85 Å². The molecular weight excluding hydrogens is 874 g/mol. The van der Waals surface area contributed by atoms with Crippen LogP contribution in [-0.2, 0) is 6.18 Å². The second-order valence-electron chi connectivity index (χ2n) is 17.1. The molecule has 0 spiro atoms. The second kappa shape index (κ2) is 16.6. The maximum absolute atomic E-state index is 14.9. The molecule has 0 radical (unpaired) electrons. The van der Waals surface area contributed by atoms with E-state index in [9.17, 15) is 18.4 Å². The second-order valence-corrected chi connectivity index (χ2v) is 17.1. The third kappa shape index (κ3) is 7.13. The predicted octanol–water partition coefficient (Wildman–Crippen LogP) is 16.4. The van der Waals surface area contributed by atoms with Crippen molar-refractivity contribution in [3.63, 3.8) is 0 Å². The summed E-state index contributed by atoms with van der Waals surface area (Å²) in [5.41, 5.74) is 11.3. The number of halogens is 3. The van der Waals surface area contributed by atoms with Gasteiger partial charge in [-0.3, -0.25) is 9.97 Å². The molecule has 8 aromatic carbocycles. The van der Waals surface area contributed by atoms with Crippen LogP contribution in [0.5, 0.6) is 0 Å². The average Bonchev–Trinajstić information content (AvgIpc) is 3.92. The van der Waals surface area contributed by atoms with Gasteiger partial charge in [-0.1, -0.05) is 121 Å². The first-order valence-corrected chi connectivity index (χ1v) is 22.5. The summed E-state index contributed by atoms with van der Waals surface area (Å²) in [6.07, 6.45) is -1.03. The van der Waals surface area contributed by atoms with Crippen LogP contribution in [0.25, 0.3) is 116 Å². The van der Waals surface area contributed by atoms with Gasteiger partial charge in [-0.2, -0.15) is 18.4 Å². The van der Waals surface area contributed by atoms with Crippen molar-refractivity contribution in [3.05, 3.63) is 235 Å². The number of pyridine rings is 2. The Hall–Kier alpha value is -9.57. The molecule has 0 aliphatic carbocycles. The van der Waals surface area contributed by atoms with Crippen LogP contribution in [0.2, 0.25) is 0 Å². The van der Waals surface area contributed by atoms with E-state index in [4.69, 9.17) is 16.5 Å². The van der Waals surface area contributed by atoms with Crippen LogP contribution in [0.1, 0.15) is 11.1 Å². The standard InChI is InChI=1S/C61H35F3N6/c1-66-47-31-45(30-46(34-47)61(62,63)64)60-58(69-54-18-10-8-16-48(54)50-32-41(22-26-56(50)69)43-20-24-52(67-36-43)39-12-4-2-5-13-39)28-38(35-65)29-59(60)70-55-19-11-9-17-49(55)51-33-42(23-27-57(51)70)44-21-25-53(68-37-44)40-14-6-3-7-15-40/h2-34,36-37H. The maximum Gasteiger partial charge on any atom is 0.415 e. The fraction of sp³-hybridized carbons (Fsp3) is 0.0164. The lowest BCUT2D eigenvalue weighted by Crippen LogP contribution is -2.07. The number of rotatable bonds is 7. The lowest BCUT2D eigenvalue weighted by molar-refractivity contribution is -0.137. The summed E-state index contributed by atoms with van der Waals surface area (Å²) >= 11 is 0. The molecule has 4 heterocycles. The van der Waals surface area contributed by atoms with Crippen LogP contribution >= 0.6 is 0 Å². The SMILES string of the molecule is [C-]#[N+]c1cc(-c2c(-n3c4ccccc4c4cc(-c5ccc(-c6ccccc6)nc5)ccc43)cc(C#N)cc2-n2c3ccccc3c3cc(-c4ccc(-c5ccccc5)nc4)ccc32)cc(C(F)(F)F)c1. The van der Waals surface area contributed by atoms with Gasteiger partial charge in [0.1, 0.15) is 0 Å². The molecule has 0 saturated heterocycles. The van der Waals surface area contributed by atoms with E-state index in [2.05, 4.69) is 23.0 Å². The first kappa shape index (κ1) is 41.8. The van der Waals surface area contributed by atoms with Crippen molar-refractivity contribution in [3.8, 4) is 73.3 Å². The maximum atomic E-state index is 14.9. The van der Waals surface area contributed by atoms with Crippen molar-refractivity contribution in [2.24, 2.45) is 0 Å². The Labute approximate surface area is 399 Å². The number of nitrogens with zero attached hydrogens (tertiary/aromatic N) is 6. The highest BCUT2D eigenvalue weighted by Crippen LogP contribution is 2.46. The normalized spacial score (nSPS) is 11.6. The quantitative estimate of drug-likeness (QED) is 0.150. The van der Waals surface area contributed by atoms with E-state index in [0.29, 0.717) is 22.5 Å². The van der Waals surface area contributed by atoms with E-state index < -0.39 is 11.7 Å². The van der Waals surface area contributed by atoms with Gasteiger partial charge in [0.05, 0.1) is 63.0 Å². The van der Waals surface area contributed by atoms with Crippen molar-refractivity contribution in [1.29, 1.82) is 5.26 Å². The van der Waals surface area contributed by atoms with Crippen molar-refractivity contribution in [2.75, 3.05) is 0 Å². The largest absolute Gasteiger partial charge is 0.415 e. The smallest absolute Gasteiger partial charge is 0.308 e. The van der Waals surface area contributed by atoms with E-state index in [-0.39, 0.29) is 11.3 Å². The Morgan fingerprint density at radius 2 is 0.900 bits per heavy atom. The van der Waals surface area contributed by atoms with Crippen LogP contribution < -0.4 is 0 Å². The average molecular weight is 909 g/mol. The molecular formula is C61H35F3N6. The molecule has 0 aliphatic rings. The number of hydrogen-bond donors (Lipinski definition) is 0. The summed E-state index contributed by atoms with van der Waals surface area (Å²) in [4.78, 5) is 13.1. The monoisotopic (exact) mass is 908 g/mol. The molecule has 0 bridgehead atoms. The Morgan fingerprint density at radius 1 is 0.443 bits per heavy atom. The molecule has 70 heavy (non-hydrogen) atoms. The fourth-order valence-electron chi connectivity index (χ4n) is 9.82. The Morgan fingerprint density at radius 3 is 1.34 bits per heavy atom. The summed E-state index contributed by atoms with van der Waals surface area (Å²) in [5.74, 6) is 0. The summed E-state index contributed by atoms with van der Waals surface area (Å²) in [7, 11) is 0. The Kier molecular flexibility index (Phi) is 9.94. The third-order valence-electron chi connectivity index (χ3n) is 13.0. The van der Waals surface area contributed by atoms with Crippen molar-refractivity contribution < 1.29 is 13.2 Å². The predicted molar refractivity (Wildman–Crippen MR) is 274 cm³/mol. The number of benzene rings is 8. The van der Waals surface area contributed by atoms with Gasteiger partial charge in [0, 0.05) is 67.3 Å². The van der Waals surface area contributed by atoms with Crippen molar-refractivity contribution in [2.45, 2.75) is 6.18 Å². The molecule has 0 fully saturated rings. The van der Waals surface area contributed by atoms with E-state index in [1.54, 1.807) is 12.1 Å². The summed E-state index contributed by atoms with van der Waals surface area (Å²) in [5, 5.41) is 14.5. The molecule has 0 amide bonds. The van der Waals surface area contributed by atoms with Gasteiger partial charge in [-0.05, 0) is 95.6 Å². The highest BCUT2D eigenvalue weighted by atomic mass is 19.4. The summed E-state index contributed by atoms with van der Waals surface area (Å²) in [6, 6.07) is 65.5. The van der Waals surface area contributed by atoms with Gasteiger partial charge in [0.2, 0.25) is 0 Å². The van der Waals surface area contributed by atoms with E-state index in [0.717, 1.165) is 101 Å². The minimum absolute atomic E-state index is 0.163. The third-order valence-corrected chi connectivity index (χ3v) is 13.0. The number of alkyl halides is 3. The van der Waals surface area contributed by atoms with Gasteiger partial charge in [-0.15, -0.1) is 0 Å². The summed E-state index contributed by atoms with van der Waals surface area (Å²) in [6.45, 7) is 7.97. The molecule has 0 saturated carbocycles. The molecule has 0 unspecified atom stereocenters. The number of aromatic nitrogens is 4. The van der Waals surface area contributed by atoms with Gasteiger partial charge < -0.3 is 9.13 Å². The van der Waals surface area contributed by atoms with Gasteiger partial charge in [0.25, 0.3) is 0 Å². The molecule has 0 atom stereocenters. The summed E-state index contributed by atoms with van der Waals surface area (Å²) < 4.78 is 48.8. The highest BCUT2D eigenvalue weighted by molar-refractivity contribution is 6.13. The molecule has 9 heteroatoms. The zero-order valence-corrected chi connectivity index (χ0v) is 37.0. The molecule has 330 valence electrons. The first-order chi connectivity index (χ1) is 34.2. The van der Waals surface area contributed by atoms with E-state index in [1.165, 1.54) is 6.07 Å². The van der Waals surface area contributed by atoms with E-state index in [1.807, 2.05) is 179 Å². The minimum Gasteiger partial charge on any atom is -0.308 e. The van der Waals surface area contributed by atoms with Crippen LogP contribution in [0.4, 0.5) is 18.9 Å². The van der Waals surface area contributed by atoms with E-state index >= 15 is 0 Å². The number of fused-ring (bicyclic) bond motifs is 6. The highest BCUT2D eigenvalue weighted by Gasteiger charge is 2.32. The molecule has 0 aliphatic heterocycles. The fourth-order valence-corrected chi connectivity index (χ4v) is 9.82. The lowest BCUT2D eigenvalue weighted by Gasteiger charge is -2.22. The number of nitriles is 1. The van der Waals surface area contributed by atoms with Crippen LogP contribution in [0.15, 0.2) is 213 Å². The van der Waals surface area contributed by atoms with Crippen molar-refractivity contribution in [1.82, 2.24) is 19.1 Å². The molecule has 6 nitrogen and oxygen atoms in total. The van der Waals surface area contributed by atoms with Gasteiger partial charge >= 0.3 is 6.18 Å². The topological polar surface area (TPSA) is 63.8 Å². The number of para-hydroxylation sites is 2. The first-order valence-electron chi connectivity index (χ1n) is 22.5. The zero-order valence-electron chi connectivity index (χ0n) is 37.0. The van der Waals surface area contributed by atoms with Crippen molar-refractivity contribution >= 4 is 49.3 Å². The number of hydrogen-bond acceptors (Lipinski definition) is 3.